The van der Waals surface area contributed by atoms with Gasteiger partial charge in [0.15, 0.2) is 5.16 Å². The van der Waals surface area contributed by atoms with Crippen molar-refractivity contribution in [3.05, 3.63) is 24.7 Å². The Morgan fingerprint density at radius 1 is 1.21 bits per heavy atom. The second-order valence-electron chi connectivity index (χ2n) is 3.65. The third kappa shape index (κ3) is 4.36. The maximum atomic E-state index is 4.46. The minimum atomic E-state index is 0.757. The van der Waals surface area contributed by atoms with E-state index in [1.807, 2.05) is 12.3 Å². The second-order valence-corrected chi connectivity index (χ2v) is 5.46. The Morgan fingerprint density at radius 3 is 2.79 bits per heavy atom. The molecule has 7 heteroatoms. The number of nitrogens with one attached hydrogen (secondary N) is 1. The summed E-state index contributed by atoms with van der Waals surface area (Å²) in [6, 6.07) is 1.94. The first-order chi connectivity index (χ1) is 9.31. The summed E-state index contributed by atoms with van der Waals surface area (Å²) in [5.41, 5.74) is 0. The Balaban J connectivity index is 2.19. The number of thioether (sulfide) groups is 1. The zero-order valence-electron chi connectivity index (χ0n) is 10.8. The van der Waals surface area contributed by atoms with E-state index >= 15 is 0 Å². The van der Waals surface area contributed by atoms with Crippen LogP contribution < -0.4 is 5.32 Å². The molecule has 19 heavy (non-hydrogen) atoms. The number of rotatable bonds is 6. The lowest BCUT2D eigenvalue weighted by atomic mass is 10.4. The molecule has 0 aliphatic heterocycles. The van der Waals surface area contributed by atoms with Gasteiger partial charge in [-0.2, -0.15) is 0 Å². The second kappa shape index (κ2) is 7.30. The zero-order chi connectivity index (χ0) is 13.5. The van der Waals surface area contributed by atoms with Gasteiger partial charge in [0.2, 0.25) is 0 Å². The molecule has 0 atom stereocenters. The summed E-state index contributed by atoms with van der Waals surface area (Å²) < 4.78 is 0. The fourth-order valence-electron chi connectivity index (χ4n) is 1.34. The van der Waals surface area contributed by atoms with Gasteiger partial charge >= 0.3 is 0 Å². The molecule has 0 aromatic carbocycles. The molecule has 2 heterocycles. The molecule has 0 aliphatic carbocycles. The topological polar surface area (TPSA) is 63.6 Å². The van der Waals surface area contributed by atoms with Crippen LogP contribution in [0.2, 0.25) is 0 Å². The highest BCUT2D eigenvalue weighted by Crippen LogP contribution is 2.26. The fourth-order valence-corrected chi connectivity index (χ4v) is 2.52. The van der Waals surface area contributed by atoms with E-state index in [0.29, 0.717) is 0 Å². The van der Waals surface area contributed by atoms with E-state index in [1.54, 1.807) is 18.6 Å². The van der Waals surface area contributed by atoms with E-state index in [0.717, 1.165) is 34.0 Å². The fraction of sp³-hybridized carbons (Fsp3) is 0.333. The average Bonchev–Trinajstić information content (AvgIpc) is 2.46. The van der Waals surface area contributed by atoms with Crippen LogP contribution in [-0.4, -0.2) is 32.7 Å². The van der Waals surface area contributed by atoms with E-state index in [2.05, 4.69) is 32.2 Å². The van der Waals surface area contributed by atoms with Crippen LogP contribution in [0, 0.1) is 0 Å². The first-order valence-corrected chi connectivity index (χ1v) is 7.96. The first kappa shape index (κ1) is 14.1. The molecule has 0 saturated heterocycles. The molecule has 5 nitrogen and oxygen atoms in total. The Morgan fingerprint density at radius 2 is 2.11 bits per heavy atom. The van der Waals surface area contributed by atoms with Crippen LogP contribution in [0.3, 0.4) is 0 Å². The van der Waals surface area contributed by atoms with E-state index < -0.39 is 0 Å². The van der Waals surface area contributed by atoms with Crippen LogP contribution in [0.5, 0.6) is 0 Å². The Labute approximate surface area is 121 Å². The Kier molecular flexibility index (Phi) is 5.41. The SMILES string of the molecule is CCCNc1cc(Sc2cnccn2)nc(SC)n1. The number of hydrogen-bond acceptors (Lipinski definition) is 7. The lowest BCUT2D eigenvalue weighted by Gasteiger charge is -2.07. The van der Waals surface area contributed by atoms with Crippen molar-refractivity contribution in [3.8, 4) is 0 Å². The molecule has 0 fully saturated rings. The molecule has 0 amide bonds. The minimum Gasteiger partial charge on any atom is -0.370 e. The summed E-state index contributed by atoms with van der Waals surface area (Å²) in [6.45, 7) is 3.03. The Hall–Kier alpha value is -1.34. The minimum absolute atomic E-state index is 0.757. The molecule has 1 N–H and O–H groups in total. The lowest BCUT2D eigenvalue weighted by Crippen LogP contribution is -2.03. The number of anilines is 1. The summed E-state index contributed by atoms with van der Waals surface area (Å²) >= 11 is 3.02. The van der Waals surface area contributed by atoms with Crippen LogP contribution in [0.1, 0.15) is 13.3 Å². The van der Waals surface area contributed by atoms with Crippen LogP contribution >= 0.6 is 23.5 Å². The van der Waals surface area contributed by atoms with Crippen molar-refractivity contribution in [2.75, 3.05) is 18.1 Å². The van der Waals surface area contributed by atoms with E-state index in [4.69, 9.17) is 0 Å². The summed E-state index contributed by atoms with van der Waals surface area (Å²) in [6.07, 6.45) is 8.09. The predicted molar refractivity (Wildman–Crippen MR) is 78.7 cm³/mol. The maximum Gasteiger partial charge on any atom is 0.190 e. The summed E-state index contributed by atoms with van der Waals surface area (Å²) in [7, 11) is 0. The van der Waals surface area contributed by atoms with E-state index in [1.165, 1.54) is 23.5 Å². The molecule has 0 radical (unpaired) electrons. The molecule has 2 aromatic rings. The molecule has 0 spiro atoms. The molecular weight excluding hydrogens is 278 g/mol. The highest BCUT2D eigenvalue weighted by atomic mass is 32.2. The normalized spacial score (nSPS) is 10.4. The molecule has 2 rings (SSSR count). The quantitative estimate of drug-likeness (QED) is 0.499. The van der Waals surface area contributed by atoms with Gasteiger partial charge < -0.3 is 5.32 Å². The van der Waals surface area contributed by atoms with Crippen LogP contribution in [0.25, 0.3) is 0 Å². The molecule has 0 saturated carbocycles. The van der Waals surface area contributed by atoms with Crippen molar-refractivity contribution in [1.29, 1.82) is 0 Å². The van der Waals surface area contributed by atoms with Gasteiger partial charge in [-0.1, -0.05) is 18.7 Å². The van der Waals surface area contributed by atoms with Crippen molar-refractivity contribution < 1.29 is 0 Å². The van der Waals surface area contributed by atoms with Gasteiger partial charge in [0.05, 0.1) is 6.20 Å². The lowest BCUT2D eigenvalue weighted by molar-refractivity contribution is 0.876. The summed E-state index contributed by atoms with van der Waals surface area (Å²) in [5, 5.41) is 5.74. The predicted octanol–water partition coefficient (Wildman–Crippen LogP) is 2.96. The van der Waals surface area contributed by atoms with E-state index in [-0.39, 0.29) is 0 Å². The highest BCUT2D eigenvalue weighted by Gasteiger charge is 2.06. The first-order valence-electron chi connectivity index (χ1n) is 5.92. The van der Waals surface area contributed by atoms with Gasteiger partial charge in [0, 0.05) is 25.0 Å². The Bertz CT molecular complexity index is 521. The van der Waals surface area contributed by atoms with Gasteiger partial charge in [0.25, 0.3) is 0 Å². The van der Waals surface area contributed by atoms with Crippen LogP contribution in [-0.2, 0) is 0 Å². The van der Waals surface area contributed by atoms with Crippen LogP contribution in [0.15, 0.2) is 39.9 Å². The molecule has 100 valence electrons. The van der Waals surface area contributed by atoms with Gasteiger partial charge in [-0.15, -0.1) is 0 Å². The van der Waals surface area contributed by atoms with Gasteiger partial charge in [0.1, 0.15) is 15.9 Å². The monoisotopic (exact) mass is 293 g/mol. The molecule has 0 aliphatic rings. The standard InChI is InChI=1S/C12H15N5S2/c1-3-4-14-9-7-10(17-12(16-9)18-2)19-11-8-13-5-6-15-11/h5-8H,3-4H2,1-2H3,(H,14,16,17). The van der Waals surface area contributed by atoms with Gasteiger partial charge in [-0.25, -0.2) is 15.0 Å². The van der Waals surface area contributed by atoms with Crippen molar-refractivity contribution in [3.63, 3.8) is 0 Å². The average molecular weight is 293 g/mol. The molecule has 0 unspecified atom stereocenters. The summed E-state index contributed by atoms with van der Waals surface area (Å²) in [4.78, 5) is 17.2. The third-order valence-corrected chi connectivity index (χ3v) is 3.56. The zero-order valence-corrected chi connectivity index (χ0v) is 12.5. The van der Waals surface area contributed by atoms with Gasteiger partial charge in [-0.3, -0.25) is 4.98 Å². The number of nitrogens with zero attached hydrogens (tertiary/aromatic N) is 4. The van der Waals surface area contributed by atoms with Gasteiger partial charge in [-0.05, 0) is 24.4 Å². The highest BCUT2D eigenvalue weighted by molar-refractivity contribution is 7.99. The maximum absolute atomic E-state index is 4.46. The molecule has 2 aromatic heterocycles. The van der Waals surface area contributed by atoms with Crippen molar-refractivity contribution in [1.82, 2.24) is 19.9 Å². The van der Waals surface area contributed by atoms with Crippen molar-refractivity contribution in [2.45, 2.75) is 28.6 Å². The molecular formula is C12H15N5S2. The van der Waals surface area contributed by atoms with Crippen molar-refractivity contribution in [2.24, 2.45) is 0 Å². The van der Waals surface area contributed by atoms with Crippen LogP contribution in [0.4, 0.5) is 5.82 Å². The number of aromatic nitrogens is 4. The summed E-state index contributed by atoms with van der Waals surface area (Å²) in [5.74, 6) is 0.854. The molecule has 0 bridgehead atoms. The van der Waals surface area contributed by atoms with Crippen molar-refractivity contribution >= 4 is 29.3 Å². The third-order valence-electron chi connectivity index (χ3n) is 2.17. The smallest absolute Gasteiger partial charge is 0.190 e. The van der Waals surface area contributed by atoms with E-state index in [9.17, 15) is 0 Å². The largest absolute Gasteiger partial charge is 0.370 e. The number of hydrogen-bond donors (Lipinski definition) is 1.